The van der Waals surface area contributed by atoms with E-state index in [-0.39, 0.29) is 35.2 Å². The van der Waals surface area contributed by atoms with Crippen LogP contribution in [0.4, 0.5) is 0 Å². The van der Waals surface area contributed by atoms with Gasteiger partial charge in [-0.05, 0) is 43.9 Å². The van der Waals surface area contributed by atoms with Gasteiger partial charge in [0.25, 0.3) is 5.56 Å². The van der Waals surface area contributed by atoms with Gasteiger partial charge in [0.15, 0.2) is 0 Å². The molecular formula is C20H28N4O5S. The maximum atomic E-state index is 12.7. The number of sulfonamides is 1. The lowest BCUT2D eigenvalue weighted by Crippen LogP contribution is -2.44. The molecule has 1 N–H and O–H groups in total. The fraction of sp³-hybridized carbons (Fsp3) is 0.550. The molecule has 1 amide bonds. The van der Waals surface area contributed by atoms with E-state index < -0.39 is 21.3 Å². The first-order valence-corrected chi connectivity index (χ1v) is 11.6. The van der Waals surface area contributed by atoms with E-state index in [1.807, 2.05) is 4.90 Å². The number of nitrogens with zero attached hydrogens (tertiary/aromatic N) is 3. The third kappa shape index (κ3) is 4.20. The number of hydrogen-bond donors (Lipinski definition) is 1. The summed E-state index contributed by atoms with van der Waals surface area (Å²) in [5.74, 6) is -0.0494. The minimum atomic E-state index is -3.91. The van der Waals surface area contributed by atoms with Crippen LogP contribution >= 0.6 is 0 Å². The summed E-state index contributed by atoms with van der Waals surface area (Å²) in [6.45, 7) is 2.76. The van der Waals surface area contributed by atoms with E-state index in [0.717, 1.165) is 36.8 Å². The molecule has 1 unspecified atom stereocenters. The number of carbonyl (C=O) groups excluding carboxylic acids is 1. The number of aryl methyl sites for hydroxylation is 1. The fourth-order valence-corrected chi connectivity index (χ4v) is 5.07. The smallest absolute Gasteiger partial charge is 0.330 e. The Labute approximate surface area is 175 Å². The predicted molar refractivity (Wildman–Crippen MR) is 114 cm³/mol. The minimum Gasteiger partial charge on any atom is -0.340 e. The van der Waals surface area contributed by atoms with Crippen molar-refractivity contribution >= 4 is 26.8 Å². The SMILES string of the molecule is CCC1CCCCN1C(=O)CCNS(=O)(=O)c1ccc2c(c1)c(=O)n(C)c(=O)n2C. The molecule has 1 aliphatic rings. The normalized spacial score (nSPS) is 17.4. The van der Waals surface area contributed by atoms with Gasteiger partial charge in [0.2, 0.25) is 15.9 Å². The van der Waals surface area contributed by atoms with Crippen LogP contribution in [0.5, 0.6) is 0 Å². The van der Waals surface area contributed by atoms with E-state index in [1.54, 1.807) is 0 Å². The van der Waals surface area contributed by atoms with Gasteiger partial charge < -0.3 is 4.90 Å². The topological polar surface area (TPSA) is 110 Å². The first-order chi connectivity index (χ1) is 14.2. The highest BCUT2D eigenvalue weighted by molar-refractivity contribution is 7.89. The van der Waals surface area contributed by atoms with Crippen LogP contribution in [-0.4, -0.2) is 47.5 Å². The molecule has 10 heteroatoms. The second-order valence-electron chi connectivity index (χ2n) is 7.68. The number of aromatic nitrogens is 2. The Morgan fingerprint density at radius 2 is 1.90 bits per heavy atom. The van der Waals surface area contributed by atoms with Crippen LogP contribution in [0.1, 0.15) is 39.0 Å². The lowest BCUT2D eigenvalue weighted by molar-refractivity contribution is -0.134. The van der Waals surface area contributed by atoms with E-state index in [9.17, 15) is 22.8 Å². The number of fused-ring (bicyclic) bond motifs is 1. The molecule has 1 fully saturated rings. The molecule has 0 aliphatic carbocycles. The number of benzene rings is 1. The van der Waals surface area contributed by atoms with E-state index in [0.29, 0.717) is 5.52 Å². The molecule has 2 heterocycles. The average Bonchev–Trinajstić information content (AvgIpc) is 2.75. The summed E-state index contributed by atoms with van der Waals surface area (Å²) in [4.78, 5) is 38.7. The summed E-state index contributed by atoms with van der Waals surface area (Å²) in [5.41, 5.74) is -0.688. The van der Waals surface area contributed by atoms with Crippen LogP contribution in [0.2, 0.25) is 0 Å². The minimum absolute atomic E-state index is 0.0164. The zero-order valence-corrected chi connectivity index (χ0v) is 18.4. The third-order valence-electron chi connectivity index (χ3n) is 5.80. The highest BCUT2D eigenvalue weighted by Crippen LogP contribution is 2.20. The predicted octanol–water partition coefficient (Wildman–Crippen LogP) is 0.697. The quantitative estimate of drug-likeness (QED) is 0.717. The summed E-state index contributed by atoms with van der Waals surface area (Å²) in [5, 5.41) is 0.137. The van der Waals surface area contributed by atoms with E-state index in [4.69, 9.17) is 0 Å². The van der Waals surface area contributed by atoms with Crippen LogP contribution in [0, 0.1) is 0 Å². The molecule has 0 saturated carbocycles. The number of rotatable bonds is 6. The number of amides is 1. The molecule has 9 nitrogen and oxygen atoms in total. The molecule has 1 aliphatic heterocycles. The Morgan fingerprint density at radius 3 is 2.60 bits per heavy atom. The van der Waals surface area contributed by atoms with Crippen molar-refractivity contribution in [2.24, 2.45) is 14.1 Å². The van der Waals surface area contributed by atoms with Crippen molar-refractivity contribution < 1.29 is 13.2 Å². The molecule has 30 heavy (non-hydrogen) atoms. The van der Waals surface area contributed by atoms with Gasteiger partial charge in [0, 0.05) is 39.6 Å². The van der Waals surface area contributed by atoms with E-state index in [2.05, 4.69) is 11.6 Å². The van der Waals surface area contributed by atoms with Gasteiger partial charge in [-0.15, -0.1) is 0 Å². The Morgan fingerprint density at radius 1 is 1.17 bits per heavy atom. The van der Waals surface area contributed by atoms with Gasteiger partial charge in [-0.1, -0.05) is 6.92 Å². The Kier molecular flexibility index (Phi) is 6.47. The monoisotopic (exact) mass is 436 g/mol. The Balaban J connectivity index is 1.76. The molecule has 0 radical (unpaired) electrons. The third-order valence-corrected chi connectivity index (χ3v) is 7.26. The molecule has 0 bridgehead atoms. The molecular weight excluding hydrogens is 408 g/mol. The Hall–Kier alpha value is -2.46. The molecule has 1 aromatic heterocycles. The lowest BCUT2D eigenvalue weighted by atomic mass is 9.99. The maximum Gasteiger partial charge on any atom is 0.330 e. The van der Waals surface area contributed by atoms with Gasteiger partial charge in [0.05, 0.1) is 15.8 Å². The summed E-state index contributed by atoms with van der Waals surface area (Å²) < 4.78 is 30.1. The number of piperidine rings is 1. The molecule has 164 valence electrons. The molecule has 1 aromatic carbocycles. The van der Waals surface area contributed by atoms with Crippen molar-refractivity contribution in [2.45, 2.75) is 50.0 Å². The van der Waals surface area contributed by atoms with Crippen molar-refractivity contribution in [1.29, 1.82) is 0 Å². The molecule has 3 rings (SSSR count). The first-order valence-electron chi connectivity index (χ1n) is 10.2. The largest absolute Gasteiger partial charge is 0.340 e. The van der Waals surface area contributed by atoms with Gasteiger partial charge >= 0.3 is 5.69 Å². The average molecular weight is 437 g/mol. The molecule has 1 saturated heterocycles. The van der Waals surface area contributed by atoms with Gasteiger partial charge in [-0.25, -0.2) is 17.9 Å². The summed E-state index contributed by atoms with van der Waals surface area (Å²) in [7, 11) is -1.04. The Bertz CT molecular complexity index is 1180. The van der Waals surface area contributed by atoms with Crippen molar-refractivity contribution in [3.8, 4) is 0 Å². The van der Waals surface area contributed by atoms with Crippen LogP contribution in [0.15, 0.2) is 32.7 Å². The molecule has 0 spiro atoms. The molecule has 1 atom stereocenters. The highest BCUT2D eigenvalue weighted by Gasteiger charge is 2.25. The highest BCUT2D eigenvalue weighted by atomic mass is 32.2. The fourth-order valence-electron chi connectivity index (χ4n) is 4.01. The van der Waals surface area contributed by atoms with Crippen molar-refractivity contribution in [3.63, 3.8) is 0 Å². The second-order valence-corrected chi connectivity index (χ2v) is 9.44. The number of hydrogen-bond acceptors (Lipinski definition) is 5. The van der Waals surface area contributed by atoms with Crippen LogP contribution in [0.25, 0.3) is 10.9 Å². The first kappa shape index (κ1) is 22.2. The van der Waals surface area contributed by atoms with Gasteiger partial charge in [0.1, 0.15) is 0 Å². The van der Waals surface area contributed by atoms with E-state index in [1.165, 1.54) is 36.9 Å². The van der Waals surface area contributed by atoms with E-state index >= 15 is 0 Å². The maximum absolute atomic E-state index is 12.7. The zero-order valence-electron chi connectivity index (χ0n) is 17.6. The van der Waals surface area contributed by atoms with Crippen molar-refractivity contribution in [1.82, 2.24) is 18.8 Å². The lowest BCUT2D eigenvalue weighted by Gasteiger charge is -2.35. The van der Waals surface area contributed by atoms with Crippen LogP contribution in [0.3, 0.4) is 0 Å². The van der Waals surface area contributed by atoms with Crippen molar-refractivity contribution in [3.05, 3.63) is 39.0 Å². The number of carbonyl (C=O) groups is 1. The number of nitrogens with one attached hydrogen (secondary N) is 1. The van der Waals surface area contributed by atoms with Crippen molar-refractivity contribution in [2.75, 3.05) is 13.1 Å². The van der Waals surface area contributed by atoms with Crippen LogP contribution in [-0.2, 0) is 28.9 Å². The second kappa shape index (κ2) is 8.73. The zero-order chi connectivity index (χ0) is 22.1. The summed E-state index contributed by atoms with van der Waals surface area (Å²) >= 11 is 0. The number of likely N-dealkylation sites (tertiary alicyclic amines) is 1. The molecule has 2 aromatic rings. The van der Waals surface area contributed by atoms with Crippen LogP contribution < -0.4 is 16.0 Å². The summed E-state index contributed by atoms with van der Waals surface area (Å²) in [6, 6.07) is 4.28. The standard InChI is InChI=1S/C20H28N4O5S/c1-4-14-7-5-6-12-24(14)18(25)10-11-21-30(28,29)15-8-9-17-16(13-15)19(26)23(3)20(27)22(17)2/h8-9,13-14,21H,4-7,10-12H2,1-3H3. The summed E-state index contributed by atoms with van der Waals surface area (Å²) in [6.07, 6.45) is 4.05. The van der Waals surface area contributed by atoms with Gasteiger partial charge in [-0.2, -0.15) is 0 Å². The van der Waals surface area contributed by atoms with Gasteiger partial charge in [-0.3, -0.25) is 18.7 Å².